The maximum atomic E-state index is 5.77. The molecule has 1 N–H and O–H groups in total. The summed E-state index contributed by atoms with van der Waals surface area (Å²) in [5.41, 5.74) is 0.0625. The fraction of sp³-hybridized carbons (Fsp3) is 1.00. The molecule has 0 aliphatic carbocycles. The van der Waals surface area contributed by atoms with E-state index in [2.05, 4.69) is 38.0 Å². The molecule has 0 aromatic rings. The summed E-state index contributed by atoms with van der Waals surface area (Å²) in [4.78, 5) is 2.46. The van der Waals surface area contributed by atoms with Gasteiger partial charge in [-0.05, 0) is 60.0 Å². The van der Waals surface area contributed by atoms with Crippen molar-refractivity contribution in [3.63, 3.8) is 0 Å². The Morgan fingerprint density at radius 2 is 2.00 bits per heavy atom. The predicted octanol–water partition coefficient (Wildman–Crippen LogP) is 2.02. The fourth-order valence-electron chi connectivity index (χ4n) is 3.15. The second-order valence-electron chi connectivity index (χ2n) is 6.52. The van der Waals surface area contributed by atoms with Gasteiger partial charge >= 0.3 is 0 Å². The molecule has 17 heavy (non-hydrogen) atoms. The van der Waals surface area contributed by atoms with Crippen LogP contribution in [0, 0.1) is 0 Å². The van der Waals surface area contributed by atoms with E-state index >= 15 is 0 Å². The monoisotopic (exact) mass is 240 g/mol. The predicted molar refractivity (Wildman–Crippen MR) is 71.3 cm³/mol. The summed E-state index contributed by atoms with van der Waals surface area (Å²) in [7, 11) is 2.23. The van der Waals surface area contributed by atoms with Crippen LogP contribution in [0.4, 0.5) is 0 Å². The molecule has 3 unspecified atom stereocenters. The van der Waals surface area contributed by atoms with Gasteiger partial charge in [-0.15, -0.1) is 0 Å². The molecule has 2 saturated heterocycles. The summed E-state index contributed by atoms with van der Waals surface area (Å²) in [6.45, 7) is 8.89. The highest BCUT2D eigenvalue weighted by Crippen LogP contribution is 2.25. The largest absolute Gasteiger partial charge is 0.375 e. The van der Waals surface area contributed by atoms with Gasteiger partial charge in [-0.1, -0.05) is 0 Å². The van der Waals surface area contributed by atoms with Crippen LogP contribution in [-0.4, -0.2) is 48.8 Å². The van der Waals surface area contributed by atoms with Gasteiger partial charge in [0.1, 0.15) is 0 Å². The lowest BCUT2D eigenvalue weighted by atomic mass is 9.91. The minimum absolute atomic E-state index is 0.0625. The second-order valence-corrected chi connectivity index (χ2v) is 6.52. The smallest absolute Gasteiger partial charge is 0.0641 e. The number of ether oxygens (including phenoxy) is 1. The van der Waals surface area contributed by atoms with Gasteiger partial charge in [0.05, 0.1) is 5.60 Å². The average molecular weight is 240 g/mol. The number of piperidine rings is 1. The molecule has 0 radical (unpaired) electrons. The Labute approximate surface area is 106 Å². The summed E-state index contributed by atoms with van der Waals surface area (Å²) in [5.74, 6) is 0. The fourth-order valence-corrected chi connectivity index (χ4v) is 3.15. The first-order valence-corrected chi connectivity index (χ1v) is 7.06. The van der Waals surface area contributed by atoms with Crippen LogP contribution in [0.2, 0.25) is 0 Å². The molecule has 0 amide bonds. The number of rotatable bonds is 2. The zero-order valence-electron chi connectivity index (χ0n) is 11.8. The van der Waals surface area contributed by atoms with Crippen molar-refractivity contribution in [3.05, 3.63) is 0 Å². The van der Waals surface area contributed by atoms with Crippen molar-refractivity contribution in [2.45, 2.75) is 70.2 Å². The number of nitrogens with zero attached hydrogens (tertiary/aromatic N) is 1. The summed E-state index contributed by atoms with van der Waals surface area (Å²) in [6.07, 6.45) is 4.89. The number of likely N-dealkylation sites (tertiary alicyclic amines) is 1. The third-order valence-corrected chi connectivity index (χ3v) is 4.38. The van der Waals surface area contributed by atoms with Crippen molar-refractivity contribution in [2.24, 2.45) is 0 Å². The van der Waals surface area contributed by atoms with Crippen molar-refractivity contribution < 1.29 is 4.74 Å². The van der Waals surface area contributed by atoms with Crippen LogP contribution in [0.15, 0.2) is 0 Å². The standard InChI is InChI=1S/C14H28N2O/c1-11-9-12(5-7-16(11)4)15-13-6-8-17-14(2,3)10-13/h11-13,15H,5-10H2,1-4H3. The molecule has 3 atom stereocenters. The summed E-state index contributed by atoms with van der Waals surface area (Å²) < 4.78 is 5.77. The first kappa shape index (κ1) is 13.3. The Balaban J connectivity index is 1.81. The van der Waals surface area contributed by atoms with E-state index in [0.29, 0.717) is 18.1 Å². The maximum absolute atomic E-state index is 5.77. The maximum Gasteiger partial charge on any atom is 0.0641 e. The highest BCUT2D eigenvalue weighted by Gasteiger charge is 2.31. The second kappa shape index (κ2) is 5.25. The lowest BCUT2D eigenvalue weighted by molar-refractivity contribution is -0.0651. The third kappa shape index (κ3) is 3.67. The molecule has 100 valence electrons. The summed E-state index contributed by atoms with van der Waals surface area (Å²) in [6, 6.07) is 2.08. The summed E-state index contributed by atoms with van der Waals surface area (Å²) in [5, 5.41) is 3.86. The van der Waals surface area contributed by atoms with Gasteiger partial charge in [0, 0.05) is 24.7 Å². The topological polar surface area (TPSA) is 24.5 Å². The molecule has 3 heteroatoms. The van der Waals surface area contributed by atoms with E-state index in [1.165, 1.54) is 25.8 Å². The SMILES string of the molecule is CC1CC(NC2CCOC(C)(C)C2)CCN1C. The lowest BCUT2D eigenvalue weighted by Gasteiger charge is -2.41. The number of hydrogen-bond acceptors (Lipinski definition) is 3. The molecule has 2 aliphatic heterocycles. The first-order valence-electron chi connectivity index (χ1n) is 7.06. The molecule has 0 spiro atoms. The van der Waals surface area contributed by atoms with Crippen LogP contribution in [0.1, 0.15) is 46.5 Å². The van der Waals surface area contributed by atoms with Crippen LogP contribution < -0.4 is 5.32 Å². The number of nitrogens with one attached hydrogen (secondary N) is 1. The number of hydrogen-bond donors (Lipinski definition) is 1. The molecular weight excluding hydrogens is 212 g/mol. The van der Waals surface area contributed by atoms with E-state index in [1.807, 2.05) is 0 Å². The van der Waals surface area contributed by atoms with Gasteiger partial charge < -0.3 is 15.0 Å². The third-order valence-electron chi connectivity index (χ3n) is 4.38. The van der Waals surface area contributed by atoms with Crippen LogP contribution in [0.25, 0.3) is 0 Å². The van der Waals surface area contributed by atoms with Crippen molar-refractivity contribution in [2.75, 3.05) is 20.2 Å². The Kier molecular flexibility index (Phi) is 4.11. The highest BCUT2D eigenvalue weighted by atomic mass is 16.5. The van der Waals surface area contributed by atoms with E-state index in [4.69, 9.17) is 4.74 Å². The Hall–Kier alpha value is -0.120. The average Bonchev–Trinajstić information content (AvgIpc) is 2.22. The Bertz CT molecular complexity index is 255. The van der Waals surface area contributed by atoms with Crippen molar-refractivity contribution in [3.8, 4) is 0 Å². The summed E-state index contributed by atoms with van der Waals surface area (Å²) >= 11 is 0. The van der Waals surface area contributed by atoms with Crippen molar-refractivity contribution in [1.29, 1.82) is 0 Å². The van der Waals surface area contributed by atoms with E-state index in [1.54, 1.807) is 0 Å². The van der Waals surface area contributed by atoms with E-state index in [-0.39, 0.29) is 5.60 Å². The van der Waals surface area contributed by atoms with E-state index in [9.17, 15) is 0 Å². The van der Waals surface area contributed by atoms with Crippen LogP contribution in [0.3, 0.4) is 0 Å². The molecule has 0 saturated carbocycles. The van der Waals surface area contributed by atoms with Gasteiger partial charge in [0.25, 0.3) is 0 Å². The van der Waals surface area contributed by atoms with Crippen LogP contribution >= 0.6 is 0 Å². The van der Waals surface area contributed by atoms with Crippen LogP contribution in [0.5, 0.6) is 0 Å². The molecule has 2 fully saturated rings. The highest BCUT2D eigenvalue weighted by molar-refractivity contribution is 4.88. The first-order chi connectivity index (χ1) is 7.96. The van der Waals surface area contributed by atoms with E-state index in [0.717, 1.165) is 13.0 Å². The van der Waals surface area contributed by atoms with Crippen molar-refractivity contribution >= 4 is 0 Å². The minimum atomic E-state index is 0.0625. The Morgan fingerprint density at radius 3 is 2.65 bits per heavy atom. The van der Waals surface area contributed by atoms with Gasteiger partial charge in [0.15, 0.2) is 0 Å². The van der Waals surface area contributed by atoms with Gasteiger partial charge in [0.2, 0.25) is 0 Å². The van der Waals surface area contributed by atoms with Crippen LogP contribution in [-0.2, 0) is 4.74 Å². The molecule has 0 aromatic carbocycles. The zero-order valence-corrected chi connectivity index (χ0v) is 11.8. The minimum Gasteiger partial charge on any atom is -0.375 e. The zero-order chi connectivity index (χ0) is 12.5. The Morgan fingerprint density at radius 1 is 1.24 bits per heavy atom. The quantitative estimate of drug-likeness (QED) is 0.799. The normalized spacial score (nSPS) is 39.2. The molecule has 3 nitrogen and oxygen atoms in total. The van der Waals surface area contributed by atoms with Crippen molar-refractivity contribution in [1.82, 2.24) is 10.2 Å². The molecule has 2 aliphatic rings. The van der Waals surface area contributed by atoms with E-state index < -0.39 is 0 Å². The molecule has 0 aromatic heterocycles. The van der Waals surface area contributed by atoms with Gasteiger partial charge in [-0.2, -0.15) is 0 Å². The molecule has 0 bridgehead atoms. The van der Waals surface area contributed by atoms with Gasteiger partial charge in [-0.25, -0.2) is 0 Å². The molecular formula is C14H28N2O. The van der Waals surface area contributed by atoms with Gasteiger partial charge in [-0.3, -0.25) is 0 Å². The molecule has 2 rings (SSSR count). The lowest BCUT2D eigenvalue weighted by Crippen LogP contribution is -2.52. The molecule has 2 heterocycles.